The third kappa shape index (κ3) is 2.96. The van der Waals surface area contributed by atoms with Gasteiger partial charge >= 0.3 is 0 Å². The molecule has 1 aromatic carbocycles. The first-order chi connectivity index (χ1) is 8.35. The SMILES string of the molecule is CCN(CCCl)Cc1ccnc2ccccc12. The minimum absolute atomic E-state index is 0.677. The Morgan fingerprint density at radius 3 is 2.82 bits per heavy atom. The Labute approximate surface area is 107 Å². The first-order valence-corrected chi connectivity index (χ1v) is 6.49. The third-order valence-corrected chi connectivity index (χ3v) is 3.15. The second kappa shape index (κ2) is 5.99. The van der Waals surface area contributed by atoms with Crippen molar-refractivity contribution >= 4 is 22.5 Å². The summed E-state index contributed by atoms with van der Waals surface area (Å²) in [5, 5.41) is 1.24. The fourth-order valence-corrected chi connectivity index (χ4v) is 2.24. The number of rotatable bonds is 5. The molecule has 0 bridgehead atoms. The van der Waals surface area contributed by atoms with Gasteiger partial charge in [-0.3, -0.25) is 9.88 Å². The molecule has 0 aliphatic carbocycles. The highest BCUT2D eigenvalue weighted by Gasteiger charge is 2.06. The van der Waals surface area contributed by atoms with Crippen molar-refractivity contribution < 1.29 is 0 Å². The average Bonchev–Trinajstić information content (AvgIpc) is 2.38. The number of halogens is 1. The Morgan fingerprint density at radius 2 is 2.06 bits per heavy atom. The lowest BCUT2D eigenvalue weighted by molar-refractivity contribution is 0.298. The molecule has 2 nitrogen and oxygen atoms in total. The van der Waals surface area contributed by atoms with Crippen LogP contribution >= 0.6 is 11.6 Å². The molecule has 0 aliphatic rings. The van der Waals surface area contributed by atoms with Gasteiger partial charge in [-0.05, 0) is 24.2 Å². The number of pyridine rings is 1. The van der Waals surface area contributed by atoms with Crippen molar-refractivity contribution in [1.82, 2.24) is 9.88 Å². The summed E-state index contributed by atoms with van der Waals surface area (Å²) in [6.45, 7) is 5.04. The minimum atomic E-state index is 0.677. The highest BCUT2D eigenvalue weighted by atomic mass is 35.5. The zero-order valence-corrected chi connectivity index (χ0v) is 10.8. The van der Waals surface area contributed by atoms with Crippen LogP contribution in [0.25, 0.3) is 10.9 Å². The minimum Gasteiger partial charge on any atom is -0.298 e. The van der Waals surface area contributed by atoms with E-state index in [2.05, 4.69) is 41.1 Å². The molecule has 2 aromatic rings. The normalized spacial score (nSPS) is 11.2. The molecule has 0 saturated carbocycles. The van der Waals surface area contributed by atoms with Crippen LogP contribution in [-0.4, -0.2) is 28.9 Å². The van der Waals surface area contributed by atoms with Gasteiger partial charge in [0, 0.05) is 30.6 Å². The molecule has 0 unspecified atom stereocenters. The highest BCUT2D eigenvalue weighted by Crippen LogP contribution is 2.17. The average molecular weight is 249 g/mol. The topological polar surface area (TPSA) is 16.1 Å². The van der Waals surface area contributed by atoms with Gasteiger partial charge in [0.25, 0.3) is 0 Å². The predicted molar refractivity (Wildman–Crippen MR) is 73.4 cm³/mol. The zero-order valence-electron chi connectivity index (χ0n) is 10.1. The Hall–Kier alpha value is -1.12. The van der Waals surface area contributed by atoms with Gasteiger partial charge in [-0.25, -0.2) is 0 Å². The number of para-hydroxylation sites is 1. The van der Waals surface area contributed by atoms with E-state index in [1.807, 2.05) is 12.3 Å². The van der Waals surface area contributed by atoms with Crippen LogP contribution < -0.4 is 0 Å². The second-order valence-corrected chi connectivity index (χ2v) is 4.42. The van der Waals surface area contributed by atoms with Crippen molar-refractivity contribution in [3.8, 4) is 0 Å². The van der Waals surface area contributed by atoms with Crippen LogP contribution in [0.4, 0.5) is 0 Å². The maximum absolute atomic E-state index is 5.81. The molecule has 90 valence electrons. The third-order valence-electron chi connectivity index (χ3n) is 2.98. The molecule has 0 amide bonds. The number of hydrogen-bond acceptors (Lipinski definition) is 2. The van der Waals surface area contributed by atoms with E-state index in [4.69, 9.17) is 11.6 Å². The van der Waals surface area contributed by atoms with E-state index >= 15 is 0 Å². The zero-order chi connectivity index (χ0) is 12.1. The Balaban J connectivity index is 2.28. The first kappa shape index (κ1) is 12.3. The lowest BCUT2D eigenvalue weighted by Crippen LogP contribution is -2.25. The van der Waals surface area contributed by atoms with Gasteiger partial charge in [-0.1, -0.05) is 25.1 Å². The molecular weight excluding hydrogens is 232 g/mol. The van der Waals surface area contributed by atoms with Crippen LogP contribution in [0.1, 0.15) is 12.5 Å². The number of fused-ring (bicyclic) bond motifs is 1. The monoisotopic (exact) mass is 248 g/mol. The van der Waals surface area contributed by atoms with Gasteiger partial charge in [0.1, 0.15) is 0 Å². The molecule has 0 atom stereocenters. The number of aromatic nitrogens is 1. The van der Waals surface area contributed by atoms with Gasteiger partial charge in [-0.15, -0.1) is 11.6 Å². The number of benzene rings is 1. The highest BCUT2D eigenvalue weighted by molar-refractivity contribution is 6.18. The van der Waals surface area contributed by atoms with Gasteiger partial charge in [0.2, 0.25) is 0 Å². The summed E-state index contributed by atoms with van der Waals surface area (Å²) < 4.78 is 0. The summed E-state index contributed by atoms with van der Waals surface area (Å²) in [6, 6.07) is 10.4. The molecule has 0 aliphatic heterocycles. The fourth-order valence-electron chi connectivity index (χ4n) is 2.00. The Morgan fingerprint density at radius 1 is 1.24 bits per heavy atom. The van der Waals surface area contributed by atoms with Crippen molar-refractivity contribution in [1.29, 1.82) is 0 Å². The number of nitrogens with zero attached hydrogens (tertiary/aromatic N) is 2. The van der Waals surface area contributed by atoms with E-state index in [1.54, 1.807) is 0 Å². The molecule has 17 heavy (non-hydrogen) atoms. The van der Waals surface area contributed by atoms with Crippen molar-refractivity contribution in [2.45, 2.75) is 13.5 Å². The molecule has 0 radical (unpaired) electrons. The maximum atomic E-state index is 5.81. The van der Waals surface area contributed by atoms with Crippen LogP contribution in [0.15, 0.2) is 36.5 Å². The number of hydrogen-bond donors (Lipinski definition) is 0. The fraction of sp³-hybridized carbons (Fsp3) is 0.357. The molecule has 0 N–H and O–H groups in total. The van der Waals surface area contributed by atoms with Gasteiger partial charge in [0.05, 0.1) is 5.52 Å². The first-order valence-electron chi connectivity index (χ1n) is 5.96. The lowest BCUT2D eigenvalue weighted by atomic mass is 10.1. The van der Waals surface area contributed by atoms with E-state index in [0.717, 1.165) is 25.2 Å². The lowest BCUT2D eigenvalue weighted by Gasteiger charge is -2.19. The van der Waals surface area contributed by atoms with E-state index in [-0.39, 0.29) is 0 Å². The van der Waals surface area contributed by atoms with Crippen LogP contribution in [0, 0.1) is 0 Å². The second-order valence-electron chi connectivity index (χ2n) is 4.04. The van der Waals surface area contributed by atoms with Crippen LogP contribution in [-0.2, 0) is 6.54 Å². The van der Waals surface area contributed by atoms with Crippen LogP contribution in [0.2, 0.25) is 0 Å². The quantitative estimate of drug-likeness (QED) is 0.755. The van der Waals surface area contributed by atoms with E-state index in [1.165, 1.54) is 10.9 Å². The van der Waals surface area contributed by atoms with Crippen molar-refractivity contribution in [2.75, 3.05) is 19.0 Å². The molecule has 0 fully saturated rings. The summed E-state index contributed by atoms with van der Waals surface area (Å²) in [7, 11) is 0. The summed E-state index contributed by atoms with van der Waals surface area (Å²) in [5.41, 5.74) is 2.38. The van der Waals surface area contributed by atoms with Crippen LogP contribution in [0.5, 0.6) is 0 Å². The standard InChI is InChI=1S/C14H17ClN2/c1-2-17(10-8-15)11-12-7-9-16-14-6-4-3-5-13(12)14/h3-7,9H,2,8,10-11H2,1H3. The summed E-state index contributed by atoms with van der Waals surface area (Å²) in [4.78, 5) is 6.72. The summed E-state index contributed by atoms with van der Waals surface area (Å²) in [6.07, 6.45) is 1.88. The van der Waals surface area contributed by atoms with Crippen molar-refractivity contribution in [3.05, 3.63) is 42.1 Å². The smallest absolute Gasteiger partial charge is 0.0705 e. The van der Waals surface area contributed by atoms with Gasteiger partial charge in [-0.2, -0.15) is 0 Å². The van der Waals surface area contributed by atoms with Crippen LogP contribution in [0.3, 0.4) is 0 Å². The van der Waals surface area contributed by atoms with E-state index in [0.29, 0.717) is 5.88 Å². The predicted octanol–water partition coefficient (Wildman–Crippen LogP) is 3.30. The molecule has 3 heteroatoms. The summed E-state index contributed by atoms with van der Waals surface area (Å²) in [5.74, 6) is 0.677. The van der Waals surface area contributed by atoms with Crippen molar-refractivity contribution in [3.63, 3.8) is 0 Å². The maximum Gasteiger partial charge on any atom is 0.0705 e. The molecule has 1 aromatic heterocycles. The van der Waals surface area contributed by atoms with E-state index in [9.17, 15) is 0 Å². The largest absolute Gasteiger partial charge is 0.298 e. The molecule has 2 rings (SSSR count). The molecule has 0 spiro atoms. The van der Waals surface area contributed by atoms with E-state index < -0.39 is 0 Å². The van der Waals surface area contributed by atoms with Crippen molar-refractivity contribution in [2.24, 2.45) is 0 Å². The molecular formula is C14H17ClN2. The number of alkyl halides is 1. The van der Waals surface area contributed by atoms with Gasteiger partial charge in [0.15, 0.2) is 0 Å². The molecule has 1 heterocycles. The molecule has 0 saturated heterocycles. The Kier molecular flexibility index (Phi) is 4.35. The van der Waals surface area contributed by atoms with Gasteiger partial charge < -0.3 is 0 Å². The Bertz CT molecular complexity index is 479. The summed E-state index contributed by atoms with van der Waals surface area (Å²) >= 11 is 5.81.